The van der Waals surface area contributed by atoms with E-state index in [0.717, 1.165) is 11.3 Å². The molecule has 1 aromatic carbocycles. The van der Waals surface area contributed by atoms with Crippen LogP contribution in [0.2, 0.25) is 0 Å². The summed E-state index contributed by atoms with van der Waals surface area (Å²) >= 11 is 1.29. The summed E-state index contributed by atoms with van der Waals surface area (Å²) in [5, 5.41) is 22.3. The van der Waals surface area contributed by atoms with Gasteiger partial charge in [0.05, 0.1) is 5.69 Å². The van der Waals surface area contributed by atoms with Crippen LogP contribution in [-0.2, 0) is 4.79 Å². The van der Waals surface area contributed by atoms with Crippen LogP contribution in [-0.4, -0.2) is 31.9 Å². The monoisotopic (exact) mass is 263 g/mol. The molecule has 0 aliphatic carbocycles. The second-order valence-corrected chi connectivity index (χ2v) is 4.74. The number of rotatable bonds is 5. The van der Waals surface area contributed by atoms with E-state index in [2.05, 4.69) is 15.5 Å². The van der Waals surface area contributed by atoms with Gasteiger partial charge in [-0.1, -0.05) is 29.5 Å². The number of carboxylic acids is 1. The van der Waals surface area contributed by atoms with Gasteiger partial charge in [0.1, 0.15) is 0 Å². The van der Waals surface area contributed by atoms with Crippen LogP contribution >= 0.6 is 11.8 Å². The Labute approximate surface area is 108 Å². The molecule has 18 heavy (non-hydrogen) atoms. The molecule has 0 saturated heterocycles. The number of carboxylic acid groups (broad SMARTS) is 1. The number of carbonyl (C=O) groups excluding carboxylic acids is 1. The first-order chi connectivity index (χ1) is 8.66. The number of aromatic nitrogens is 4. The second kappa shape index (κ2) is 5.63. The fraction of sp³-hybridized carbons (Fsp3) is 0.273. The van der Waals surface area contributed by atoms with Gasteiger partial charge in [-0.05, 0) is 35.9 Å². The van der Waals surface area contributed by atoms with E-state index in [4.69, 9.17) is 0 Å². The van der Waals surface area contributed by atoms with Crippen molar-refractivity contribution in [3.05, 3.63) is 29.8 Å². The van der Waals surface area contributed by atoms with E-state index in [1.165, 1.54) is 11.8 Å². The molecule has 6 nitrogen and oxygen atoms in total. The van der Waals surface area contributed by atoms with Crippen molar-refractivity contribution in [2.75, 3.05) is 5.75 Å². The first-order valence-electron chi connectivity index (χ1n) is 5.35. The van der Waals surface area contributed by atoms with Crippen molar-refractivity contribution in [3.8, 4) is 5.69 Å². The summed E-state index contributed by atoms with van der Waals surface area (Å²) in [7, 11) is 0. The van der Waals surface area contributed by atoms with E-state index in [1.54, 1.807) is 4.68 Å². The fourth-order valence-electron chi connectivity index (χ4n) is 1.34. The van der Waals surface area contributed by atoms with Crippen molar-refractivity contribution in [2.45, 2.75) is 18.5 Å². The van der Waals surface area contributed by atoms with Gasteiger partial charge in [-0.25, -0.2) is 0 Å². The summed E-state index contributed by atoms with van der Waals surface area (Å²) in [6.07, 6.45) is -0.0224. The Balaban J connectivity index is 2.12. The largest absolute Gasteiger partial charge is 0.550 e. The van der Waals surface area contributed by atoms with Crippen molar-refractivity contribution in [2.24, 2.45) is 0 Å². The highest BCUT2D eigenvalue weighted by molar-refractivity contribution is 7.99. The number of hydrogen-bond acceptors (Lipinski definition) is 6. The average molecular weight is 263 g/mol. The number of thioether (sulfide) groups is 1. The van der Waals surface area contributed by atoms with Gasteiger partial charge in [-0.3, -0.25) is 0 Å². The van der Waals surface area contributed by atoms with Gasteiger partial charge >= 0.3 is 0 Å². The normalized spacial score (nSPS) is 10.5. The molecule has 0 aliphatic heterocycles. The lowest BCUT2D eigenvalue weighted by Gasteiger charge is -2.04. The summed E-state index contributed by atoms with van der Waals surface area (Å²) in [5.74, 6) is -0.689. The van der Waals surface area contributed by atoms with Gasteiger partial charge in [0.15, 0.2) is 0 Å². The van der Waals surface area contributed by atoms with Crippen LogP contribution in [0.3, 0.4) is 0 Å². The fourth-order valence-corrected chi connectivity index (χ4v) is 2.15. The summed E-state index contributed by atoms with van der Waals surface area (Å²) in [6.45, 7) is 2.00. The number of aliphatic carboxylic acids is 1. The van der Waals surface area contributed by atoms with Crippen LogP contribution in [0.5, 0.6) is 0 Å². The Bertz CT molecular complexity index is 538. The molecule has 0 unspecified atom stereocenters. The van der Waals surface area contributed by atoms with Crippen molar-refractivity contribution in [3.63, 3.8) is 0 Å². The van der Waals surface area contributed by atoms with Gasteiger partial charge in [0.25, 0.3) is 0 Å². The summed E-state index contributed by atoms with van der Waals surface area (Å²) in [4.78, 5) is 10.3. The SMILES string of the molecule is Cc1ccc(-n2nnnc2SCCC(=O)[O-])cc1. The molecule has 2 rings (SSSR count). The Morgan fingerprint density at radius 2 is 2.11 bits per heavy atom. The van der Waals surface area contributed by atoms with Crippen LogP contribution in [0.25, 0.3) is 5.69 Å². The maximum absolute atomic E-state index is 10.3. The molecule has 0 radical (unpaired) electrons. The first kappa shape index (κ1) is 12.6. The summed E-state index contributed by atoms with van der Waals surface area (Å²) in [6, 6.07) is 7.75. The van der Waals surface area contributed by atoms with Crippen molar-refractivity contribution < 1.29 is 9.90 Å². The minimum Gasteiger partial charge on any atom is -0.550 e. The molecule has 94 valence electrons. The topological polar surface area (TPSA) is 83.7 Å². The lowest BCUT2D eigenvalue weighted by Crippen LogP contribution is -2.22. The summed E-state index contributed by atoms with van der Waals surface area (Å²) in [5.41, 5.74) is 2.00. The van der Waals surface area contributed by atoms with Crippen LogP contribution in [0, 0.1) is 6.92 Å². The van der Waals surface area contributed by atoms with Crippen molar-refractivity contribution >= 4 is 17.7 Å². The molecule has 0 aliphatic rings. The first-order valence-corrected chi connectivity index (χ1v) is 6.33. The van der Waals surface area contributed by atoms with Crippen molar-refractivity contribution in [1.82, 2.24) is 20.2 Å². The van der Waals surface area contributed by atoms with Crippen LogP contribution in [0.15, 0.2) is 29.4 Å². The molecule has 7 heteroatoms. The number of tetrazole rings is 1. The molecule has 0 N–H and O–H groups in total. The molecule has 0 bridgehead atoms. The minimum absolute atomic E-state index is 0.0224. The zero-order chi connectivity index (χ0) is 13.0. The maximum atomic E-state index is 10.3. The van der Waals surface area contributed by atoms with E-state index >= 15 is 0 Å². The molecule has 1 heterocycles. The molecule has 0 spiro atoms. The van der Waals surface area contributed by atoms with E-state index in [-0.39, 0.29) is 6.42 Å². The van der Waals surface area contributed by atoms with Crippen molar-refractivity contribution in [1.29, 1.82) is 0 Å². The van der Waals surface area contributed by atoms with Crippen LogP contribution in [0.1, 0.15) is 12.0 Å². The molecule has 0 atom stereocenters. The van der Waals surface area contributed by atoms with E-state index < -0.39 is 5.97 Å². The predicted molar refractivity (Wildman–Crippen MR) is 64.2 cm³/mol. The Morgan fingerprint density at radius 3 is 2.78 bits per heavy atom. The van der Waals surface area contributed by atoms with Gasteiger partial charge in [-0.2, -0.15) is 4.68 Å². The zero-order valence-electron chi connectivity index (χ0n) is 9.74. The molecule has 0 amide bonds. The molecular weight excluding hydrogens is 252 g/mol. The number of hydrogen-bond donors (Lipinski definition) is 0. The molecule has 0 saturated carbocycles. The highest BCUT2D eigenvalue weighted by Gasteiger charge is 2.08. The molecule has 0 fully saturated rings. The highest BCUT2D eigenvalue weighted by atomic mass is 32.2. The third kappa shape index (κ3) is 3.07. The number of nitrogens with zero attached hydrogens (tertiary/aromatic N) is 4. The minimum atomic E-state index is -1.07. The second-order valence-electron chi connectivity index (χ2n) is 3.68. The maximum Gasteiger partial charge on any atom is 0.214 e. The lowest BCUT2D eigenvalue weighted by molar-refractivity contribution is -0.305. The van der Waals surface area contributed by atoms with E-state index in [0.29, 0.717) is 10.9 Å². The zero-order valence-corrected chi connectivity index (χ0v) is 10.6. The number of benzene rings is 1. The third-order valence-corrected chi connectivity index (χ3v) is 3.18. The van der Waals surface area contributed by atoms with E-state index in [1.807, 2.05) is 31.2 Å². The van der Waals surface area contributed by atoms with E-state index in [9.17, 15) is 9.90 Å². The standard InChI is InChI=1S/C11H12N4O2S/c1-8-2-4-9(5-3-8)15-11(12-13-14-15)18-7-6-10(16)17/h2-5H,6-7H2,1H3,(H,16,17)/p-1. The summed E-state index contributed by atoms with van der Waals surface area (Å²) < 4.78 is 1.58. The lowest BCUT2D eigenvalue weighted by atomic mass is 10.2. The van der Waals surface area contributed by atoms with Crippen LogP contribution in [0.4, 0.5) is 0 Å². The molecule has 2 aromatic rings. The smallest absolute Gasteiger partial charge is 0.214 e. The predicted octanol–water partition coefficient (Wildman–Crippen LogP) is 0.203. The Morgan fingerprint density at radius 1 is 1.39 bits per heavy atom. The molecular formula is C11H11N4O2S-. The van der Waals surface area contributed by atoms with Gasteiger partial charge < -0.3 is 9.90 Å². The van der Waals surface area contributed by atoms with Gasteiger partial charge in [0, 0.05) is 11.7 Å². The Kier molecular flexibility index (Phi) is 3.93. The van der Waals surface area contributed by atoms with Gasteiger partial charge in [-0.15, -0.1) is 5.10 Å². The average Bonchev–Trinajstić information content (AvgIpc) is 2.78. The molecule has 1 aromatic heterocycles. The number of aryl methyl sites for hydroxylation is 1. The third-order valence-electron chi connectivity index (χ3n) is 2.26. The number of carbonyl (C=O) groups is 1. The van der Waals surface area contributed by atoms with Crippen LogP contribution < -0.4 is 5.11 Å². The highest BCUT2D eigenvalue weighted by Crippen LogP contribution is 2.18. The quantitative estimate of drug-likeness (QED) is 0.717. The Hall–Kier alpha value is -1.89. The van der Waals surface area contributed by atoms with Gasteiger partial charge in [0.2, 0.25) is 5.16 Å².